The lowest BCUT2D eigenvalue weighted by Gasteiger charge is -2.26. The van der Waals surface area contributed by atoms with Gasteiger partial charge in [-0.1, -0.05) is 17.7 Å². The predicted molar refractivity (Wildman–Crippen MR) is 97.6 cm³/mol. The molecule has 2 rings (SSSR count). The summed E-state index contributed by atoms with van der Waals surface area (Å²) < 4.78 is 5.79. The van der Waals surface area contributed by atoms with Crippen LogP contribution in [0.2, 0.25) is 5.02 Å². The number of aromatic nitrogens is 1. The molecule has 1 heterocycles. The molecule has 0 aliphatic carbocycles. The fourth-order valence-electron chi connectivity index (χ4n) is 2.44. The molecule has 1 atom stereocenters. The van der Waals surface area contributed by atoms with Gasteiger partial charge in [0.05, 0.1) is 5.02 Å². The highest BCUT2D eigenvalue weighted by Gasteiger charge is 2.23. The van der Waals surface area contributed by atoms with Gasteiger partial charge < -0.3 is 14.7 Å². The molecule has 25 heavy (non-hydrogen) atoms. The molecule has 0 unspecified atom stereocenters. The van der Waals surface area contributed by atoms with E-state index in [4.69, 9.17) is 21.4 Å². The smallest absolute Gasteiger partial charge is 0.263 e. The van der Waals surface area contributed by atoms with Crippen LogP contribution < -0.4 is 4.74 Å². The minimum absolute atomic E-state index is 0.0269. The molecule has 0 saturated carbocycles. The van der Waals surface area contributed by atoms with Crippen LogP contribution in [-0.4, -0.2) is 40.2 Å². The molecule has 1 aromatic heterocycles. The molecule has 2 aromatic rings. The first kappa shape index (κ1) is 19.2. The number of ether oxygens (including phenoxy) is 1. The molecule has 134 valence electrons. The highest BCUT2D eigenvalue weighted by Crippen LogP contribution is 2.26. The third-order valence-corrected chi connectivity index (χ3v) is 4.07. The third kappa shape index (κ3) is 5.73. The van der Waals surface area contributed by atoms with E-state index in [1.165, 1.54) is 0 Å². The molecule has 0 aliphatic rings. The molecule has 5 nitrogen and oxygen atoms in total. The number of halogens is 1. The van der Waals surface area contributed by atoms with Gasteiger partial charge in [-0.05, 0) is 55.7 Å². The Morgan fingerprint density at radius 2 is 2.04 bits per heavy atom. The van der Waals surface area contributed by atoms with E-state index in [1.807, 2.05) is 31.2 Å². The molecule has 1 aromatic carbocycles. The van der Waals surface area contributed by atoms with Gasteiger partial charge in [-0.15, -0.1) is 0 Å². The van der Waals surface area contributed by atoms with Crippen molar-refractivity contribution in [2.75, 3.05) is 13.2 Å². The Kier molecular flexibility index (Phi) is 7.22. The number of rotatable bonds is 8. The van der Waals surface area contributed by atoms with Crippen LogP contribution in [0.5, 0.6) is 5.75 Å². The van der Waals surface area contributed by atoms with E-state index in [0.717, 1.165) is 11.1 Å². The first-order valence-electron chi connectivity index (χ1n) is 8.22. The average molecular weight is 363 g/mol. The molecule has 0 spiro atoms. The largest absolute Gasteiger partial charge is 0.479 e. The average Bonchev–Trinajstić information content (AvgIpc) is 2.62. The van der Waals surface area contributed by atoms with Gasteiger partial charge in [-0.25, -0.2) is 0 Å². The van der Waals surface area contributed by atoms with Gasteiger partial charge in [0.15, 0.2) is 6.10 Å². The van der Waals surface area contributed by atoms with E-state index in [9.17, 15) is 4.79 Å². The van der Waals surface area contributed by atoms with Crippen molar-refractivity contribution >= 4 is 17.5 Å². The zero-order chi connectivity index (χ0) is 18.2. The van der Waals surface area contributed by atoms with Gasteiger partial charge in [0.25, 0.3) is 5.91 Å². The highest BCUT2D eigenvalue weighted by atomic mass is 35.5. The van der Waals surface area contributed by atoms with Crippen molar-refractivity contribution in [3.63, 3.8) is 0 Å². The summed E-state index contributed by atoms with van der Waals surface area (Å²) in [4.78, 5) is 18.5. The Hall–Kier alpha value is -2.11. The number of amides is 1. The number of hydrogen-bond donors (Lipinski definition) is 1. The Labute approximate surface area is 153 Å². The van der Waals surface area contributed by atoms with E-state index in [1.54, 1.807) is 30.3 Å². The lowest BCUT2D eigenvalue weighted by atomic mass is 10.2. The Morgan fingerprint density at radius 3 is 2.72 bits per heavy atom. The van der Waals surface area contributed by atoms with Gasteiger partial charge in [-0.2, -0.15) is 0 Å². The molecule has 0 bridgehead atoms. The second-order valence-electron chi connectivity index (χ2n) is 5.89. The first-order chi connectivity index (χ1) is 12.0. The van der Waals surface area contributed by atoms with Crippen LogP contribution in [0.3, 0.4) is 0 Å². The first-order valence-corrected chi connectivity index (χ1v) is 8.60. The number of pyridine rings is 1. The van der Waals surface area contributed by atoms with Crippen molar-refractivity contribution < 1.29 is 14.6 Å². The minimum Gasteiger partial charge on any atom is -0.479 e. The standard InChI is InChI=1S/C19H23ClN2O3/c1-14-4-5-17(20)18(12-14)25-15(2)19(24)22(10-3-11-23)13-16-6-8-21-9-7-16/h4-9,12,15,23H,3,10-11,13H2,1-2H3/t15-/m1/s1. The quantitative estimate of drug-likeness (QED) is 0.783. The summed E-state index contributed by atoms with van der Waals surface area (Å²) in [5.41, 5.74) is 1.98. The number of carbonyl (C=O) groups excluding carboxylic acids is 1. The van der Waals surface area contributed by atoms with Gasteiger partial charge >= 0.3 is 0 Å². The van der Waals surface area contributed by atoms with E-state index in [-0.39, 0.29) is 12.5 Å². The predicted octanol–water partition coefficient (Wildman–Crippen LogP) is 3.22. The van der Waals surface area contributed by atoms with E-state index in [0.29, 0.717) is 30.3 Å². The number of aliphatic hydroxyl groups excluding tert-OH is 1. The molecule has 6 heteroatoms. The summed E-state index contributed by atoms with van der Waals surface area (Å²) in [5.74, 6) is 0.344. The number of carbonyl (C=O) groups is 1. The molecule has 0 fully saturated rings. The van der Waals surface area contributed by atoms with Gasteiger partial charge in [-0.3, -0.25) is 9.78 Å². The highest BCUT2D eigenvalue weighted by molar-refractivity contribution is 6.32. The van der Waals surface area contributed by atoms with Crippen LogP contribution in [0.1, 0.15) is 24.5 Å². The summed E-state index contributed by atoms with van der Waals surface area (Å²) in [6.45, 7) is 4.56. The lowest BCUT2D eigenvalue weighted by molar-refractivity contribution is -0.138. The summed E-state index contributed by atoms with van der Waals surface area (Å²) in [5, 5.41) is 9.58. The summed E-state index contributed by atoms with van der Waals surface area (Å²) in [7, 11) is 0. The van der Waals surface area contributed by atoms with Crippen molar-refractivity contribution in [3.8, 4) is 5.75 Å². The molecule has 0 saturated heterocycles. The number of aryl methyl sites for hydroxylation is 1. The second-order valence-corrected chi connectivity index (χ2v) is 6.29. The Morgan fingerprint density at radius 1 is 1.32 bits per heavy atom. The maximum absolute atomic E-state index is 12.8. The van der Waals surface area contributed by atoms with Crippen LogP contribution in [-0.2, 0) is 11.3 Å². The molecule has 1 N–H and O–H groups in total. The van der Waals surface area contributed by atoms with Crippen LogP contribution >= 0.6 is 11.6 Å². The fourth-order valence-corrected chi connectivity index (χ4v) is 2.60. The molecule has 1 amide bonds. The fraction of sp³-hybridized carbons (Fsp3) is 0.368. The minimum atomic E-state index is -0.681. The van der Waals surface area contributed by atoms with Crippen molar-refractivity contribution in [2.45, 2.75) is 32.9 Å². The van der Waals surface area contributed by atoms with Crippen molar-refractivity contribution in [3.05, 3.63) is 58.9 Å². The molecular formula is C19H23ClN2O3. The monoisotopic (exact) mass is 362 g/mol. The molecular weight excluding hydrogens is 340 g/mol. The number of benzene rings is 1. The second kappa shape index (κ2) is 9.39. The van der Waals surface area contributed by atoms with Gasteiger partial charge in [0.1, 0.15) is 5.75 Å². The maximum Gasteiger partial charge on any atom is 0.263 e. The summed E-state index contributed by atoms with van der Waals surface area (Å²) in [6, 6.07) is 9.18. The topological polar surface area (TPSA) is 62.7 Å². The zero-order valence-corrected chi connectivity index (χ0v) is 15.2. The van der Waals surface area contributed by atoms with Crippen LogP contribution in [0.15, 0.2) is 42.7 Å². The van der Waals surface area contributed by atoms with Crippen molar-refractivity contribution in [1.29, 1.82) is 0 Å². The normalized spacial score (nSPS) is 11.8. The van der Waals surface area contributed by atoms with Gasteiger partial charge in [0, 0.05) is 32.1 Å². The Balaban J connectivity index is 2.09. The zero-order valence-electron chi connectivity index (χ0n) is 14.5. The third-order valence-electron chi connectivity index (χ3n) is 3.76. The molecule has 0 radical (unpaired) electrons. The SMILES string of the molecule is Cc1ccc(Cl)c(O[C@H](C)C(=O)N(CCCO)Cc2ccncc2)c1. The van der Waals surface area contributed by atoms with Crippen LogP contribution in [0, 0.1) is 6.92 Å². The summed E-state index contributed by atoms with van der Waals surface area (Å²) >= 11 is 6.15. The van der Waals surface area contributed by atoms with E-state index < -0.39 is 6.10 Å². The molecule has 0 aliphatic heterocycles. The maximum atomic E-state index is 12.8. The van der Waals surface area contributed by atoms with Crippen molar-refractivity contribution in [1.82, 2.24) is 9.88 Å². The van der Waals surface area contributed by atoms with Crippen molar-refractivity contribution in [2.24, 2.45) is 0 Å². The van der Waals surface area contributed by atoms with Gasteiger partial charge in [0.2, 0.25) is 0 Å². The number of hydrogen-bond acceptors (Lipinski definition) is 4. The van der Waals surface area contributed by atoms with Crippen LogP contribution in [0.4, 0.5) is 0 Å². The summed E-state index contributed by atoms with van der Waals surface area (Å²) in [6.07, 6.45) is 3.21. The lowest BCUT2D eigenvalue weighted by Crippen LogP contribution is -2.40. The van der Waals surface area contributed by atoms with Crippen LogP contribution in [0.25, 0.3) is 0 Å². The number of aliphatic hydroxyl groups is 1. The Bertz CT molecular complexity index is 694. The number of nitrogens with zero attached hydrogens (tertiary/aromatic N) is 2. The van der Waals surface area contributed by atoms with E-state index in [2.05, 4.69) is 4.98 Å². The van der Waals surface area contributed by atoms with E-state index >= 15 is 0 Å².